The van der Waals surface area contributed by atoms with Gasteiger partial charge in [-0.15, -0.1) is 0 Å². The number of imidazole rings is 1. The summed E-state index contributed by atoms with van der Waals surface area (Å²) in [5.74, 6) is 0.828. The molecule has 5 nitrogen and oxygen atoms in total. The number of fused-ring (bicyclic) bond motifs is 1. The van der Waals surface area contributed by atoms with Crippen molar-refractivity contribution in [1.29, 1.82) is 0 Å². The lowest BCUT2D eigenvalue weighted by atomic mass is 10.2. The zero-order chi connectivity index (χ0) is 11.7. The number of aromatic nitrogens is 2. The minimum atomic E-state index is 0.189. The zero-order valence-electron chi connectivity index (χ0n) is 9.72. The highest BCUT2D eigenvalue weighted by Crippen LogP contribution is 2.18. The van der Waals surface area contributed by atoms with Gasteiger partial charge in [0.25, 0.3) is 0 Å². The largest absolute Gasteiger partial charge is 0.495 e. The van der Waals surface area contributed by atoms with Gasteiger partial charge < -0.3 is 19.2 Å². The van der Waals surface area contributed by atoms with E-state index in [1.54, 1.807) is 7.11 Å². The molecule has 90 valence electrons. The van der Waals surface area contributed by atoms with Crippen molar-refractivity contribution in [1.82, 2.24) is 14.7 Å². The molecule has 0 radical (unpaired) electrons. The molecule has 0 saturated carbocycles. The number of nitrogens with one attached hydrogen (secondary N) is 1. The van der Waals surface area contributed by atoms with Crippen LogP contribution in [0.1, 0.15) is 11.7 Å². The number of morpholine rings is 1. The lowest BCUT2D eigenvalue weighted by Crippen LogP contribution is -2.34. The molecule has 3 heterocycles. The molecule has 0 amide bonds. The van der Waals surface area contributed by atoms with Crippen molar-refractivity contribution in [2.45, 2.75) is 6.04 Å². The van der Waals surface area contributed by atoms with E-state index in [9.17, 15) is 0 Å². The van der Waals surface area contributed by atoms with E-state index in [-0.39, 0.29) is 6.04 Å². The number of ether oxygens (including phenoxy) is 2. The van der Waals surface area contributed by atoms with Gasteiger partial charge in [0.1, 0.15) is 11.4 Å². The van der Waals surface area contributed by atoms with Gasteiger partial charge in [-0.3, -0.25) is 0 Å². The molecule has 0 aromatic carbocycles. The van der Waals surface area contributed by atoms with Crippen LogP contribution in [0, 0.1) is 0 Å². The summed E-state index contributed by atoms with van der Waals surface area (Å²) in [5, 5.41) is 3.39. The van der Waals surface area contributed by atoms with Crippen LogP contribution in [-0.2, 0) is 4.74 Å². The molecular formula is C12H15N3O2. The van der Waals surface area contributed by atoms with Crippen molar-refractivity contribution in [2.24, 2.45) is 0 Å². The fraction of sp³-hybridized carbons (Fsp3) is 0.417. The summed E-state index contributed by atoms with van der Waals surface area (Å²) in [4.78, 5) is 4.58. The van der Waals surface area contributed by atoms with Crippen LogP contribution in [0.25, 0.3) is 5.65 Å². The Bertz CT molecular complexity index is 517. The highest BCUT2D eigenvalue weighted by Gasteiger charge is 2.18. The van der Waals surface area contributed by atoms with E-state index in [1.165, 1.54) is 0 Å². The Balaban J connectivity index is 1.95. The maximum Gasteiger partial charge on any atom is 0.137 e. The summed E-state index contributed by atoms with van der Waals surface area (Å²) in [6, 6.07) is 4.05. The predicted octanol–water partition coefficient (Wildman–Crippen LogP) is 1.00. The molecule has 17 heavy (non-hydrogen) atoms. The molecule has 3 rings (SSSR count). The van der Waals surface area contributed by atoms with Gasteiger partial charge in [0.15, 0.2) is 0 Å². The SMILES string of the molecule is COc1ccc2nc(C3COCCN3)cn2c1. The molecule has 1 saturated heterocycles. The average molecular weight is 233 g/mol. The molecule has 2 aromatic rings. The van der Waals surface area contributed by atoms with Gasteiger partial charge in [0, 0.05) is 12.7 Å². The molecular weight excluding hydrogens is 218 g/mol. The van der Waals surface area contributed by atoms with E-state index in [0.29, 0.717) is 6.61 Å². The highest BCUT2D eigenvalue weighted by molar-refractivity contribution is 5.43. The number of rotatable bonds is 2. The molecule has 1 atom stereocenters. The topological polar surface area (TPSA) is 47.8 Å². The van der Waals surface area contributed by atoms with Crippen LogP contribution in [0.4, 0.5) is 0 Å². The molecule has 1 aliphatic heterocycles. The number of hydrogen-bond donors (Lipinski definition) is 1. The minimum absolute atomic E-state index is 0.189. The second-order valence-corrected chi connectivity index (χ2v) is 4.08. The summed E-state index contributed by atoms with van der Waals surface area (Å²) in [6.07, 6.45) is 3.94. The second kappa shape index (κ2) is 4.35. The Morgan fingerprint density at radius 1 is 1.47 bits per heavy atom. The van der Waals surface area contributed by atoms with E-state index in [2.05, 4.69) is 10.3 Å². The Labute approximate surface area is 99.4 Å². The van der Waals surface area contributed by atoms with Crippen molar-refractivity contribution < 1.29 is 9.47 Å². The molecule has 1 aliphatic rings. The van der Waals surface area contributed by atoms with E-state index >= 15 is 0 Å². The standard InChI is InChI=1S/C12H15N3O2/c1-16-9-2-3-12-14-10(7-15(12)6-9)11-8-17-5-4-13-11/h2-3,6-7,11,13H,4-5,8H2,1H3. The summed E-state index contributed by atoms with van der Waals surface area (Å²) in [5.41, 5.74) is 1.94. The van der Waals surface area contributed by atoms with Gasteiger partial charge in [-0.25, -0.2) is 4.98 Å². The lowest BCUT2D eigenvalue weighted by Gasteiger charge is -2.21. The third-order valence-electron chi connectivity index (χ3n) is 2.96. The number of hydrogen-bond acceptors (Lipinski definition) is 4. The molecule has 1 fully saturated rings. The number of pyridine rings is 1. The smallest absolute Gasteiger partial charge is 0.137 e. The van der Waals surface area contributed by atoms with Gasteiger partial charge in [0.2, 0.25) is 0 Å². The summed E-state index contributed by atoms with van der Waals surface area (Å²) in [6.45, 7) is 2.33. The van der Waals surface area contributed by atoms with Crippen molar-refractivity contribution in [3.05, 3.63) is 30.2 Å². The first-order valence-electron chi connectivity index (χ1n) is 5.70. The van der Waals surface area contributed by atoms with Crippen LogP contribution in [0.5, 0.6) is 5.75 Å². The first-order valence-corrected chi connectivity index (χ1v) is 5.70. The maximum absolute atomic E-state index is 5.44. The molecule has 5 heteroatoms. The molecule has 1 N–H and O–H groups in total. The molecule has 1 unspecified atom stereocenters. The molecule has 0 bridgehead atoms. The van der Waals surface area contributed by atoms with E-state index < -0.39 is 0 Å². The molecule has 2 aromatic heterocycles. The number of nitrogens with zero attached hydrogens (tertiary/aromatic N) is 2. The minimum Gasteiger partial charge on any atom is -0.495 e. The third kappa shape index (κ3) is 1.99. The van der Waals surface area contributed by atoms with E-state index in [4.69, 9.17) is 9.47 Å². The molecule has 0 aliphatic carbocycles. The van der Waals surface area contributed by atoms with Crippen LogP contribution in [-0.4, -0.2) is 36.3 Å². The first-order chi connectivity index (χ1) is 8.36. The van der Waals surface area contributed by atoms with Gasteiger partial charge in [-0.1, -0.05) is 0 Å². The van der Waals surface area contributed by atoms with Gasteiger partial charge in [-0.05, 0) is 12.1 Å². The van der Waals surface area contributed by atoms with Crippen LogP contribution in [0.2, 0.25) is 0 Å². The summed E-state index contributed by atoms with van der Waals surface area (Å²) in [7, 11) is 1.66. The van der Waals surface area contributed by atoms with Crippen molar-refractivity contribution in [3.8, 4) is 5.75 Å². The van der Waals surface area contributed by atoms with Crippen LogP contribution in [0.15, 0.2) is 24.5 Å². The average Bonchev–Trinajstić information content (AvgIpc) is 2.82. The zero-order valence-corrected chi connectivity index (χ0v) is 9.72. The monoisotopic (exact) mass is 233 g/mol. The highest BCUT2D eigenvalue weighted by atomic mass is 16.5. The fourth-order valence-corrected chi connectivity index (χ4v) is 2.04. The van der Waals surface area contributed by atoms with Crippen molar-refractivity contribution in [2.75, 3.05) is 26.9 Å². The van der Waals surface area contributed by atoms with Gasteiger partial charge >= 0.3 is 0 Å². The van der Waals surface area contributed by atoms with Gasteiger partial charge in [0.05, 0.1) is 38.3 Å². The predicted molar refractivity (Wildman–Crippen MR) is 63.3 cm³/mol. The first kappa shape index (κ1) is 10.6. The lowest BCUT2D eigenvalue weighted by molar-refractivity contribution is 0.0758. The Hall–Kier alpha value is -1.59. The van der Waals surface area contributed by atoms with Gasteiger partial charge in [-0.2, -0.15) is 0 Å². The summed E-state index contributed by atoms with van der Waals surface area (Å²) >= 11 is 0. The second-order valence-electron chi connectivity index (χ2n) is 4.08. The Morgan fingerprint density at radius 2 is 2.41 bits per heavy atom. The summed E-state index contributed by atoms with van der Waals surface area (Å²) < 4.78 is 12.6. The molecule has 0 spiro atoms. The normalized spacial score (nSPS) is 20.6. The van der Waals surface area contributed by atoms with Crippen LogP contribution >= 0.6 is 0 Å². The Kier molecular flexibility index (Phi) is 2.70. The van der Waals surface area contributed by atoms with E-state index in [1.807, 2.05) is 28.9 Å². The third-order valence-corrected chi connectivity index (χ3v) is 2.96. The van der Waals surface area contributed by atoms with E-state index in [0.717, 1.165) is 30.2 Å². The fourth-order valence-electron chi connectivity index (χ4n) is 2.04. The maximum atomic E-state index is 5.44. The number of methoxy groups -OCH3 is 1. The Morgan fingerprint density at radius 3 is 3.18 bits per heavy atom. The van der Waals surface area contributed by atoms with Crippen molar-refractivity contribution in [3.63, 3.8) is 0 Å². The van der Waals surface area contributed by atoms with Crippen LogP contribution in [0.3, 0.4) is 0 Å². The van der Waals surface area contributed by atoms with Crippen LogP contribution < -0.4 is 10.1 Å². The quantitative estimate of drug-likeness (QED) is 0.840. The van der Waals surface area contributed by atoms with Crippen molar-refractivity contribution >= 4 is 5.65 Å².